The minimum atomic E-state index is 0.0420. The molecule has 1 aliphatic heterocycles. The molecular formula is C27H29N5O. The molecule has 33 heavy (non-hydrogen) atoms. The first-order valence-corrected chi connectivity index (χ1v) is 11.6. The molecule has 1 fully saturated rings. The van der Waals surface area contributed by atoms with Crippen LogP contribution in [0.25, 0.3) is 16.8 Å². The Bertz CT molecular complexity index is 1270. The zero-order valence-electron chi connectivity index (χ0n) is 19.2. The number of aromatic nitrogens is 3. The lowest BCUT2D eigenvalue weighted by atomic mass is 9.95. The molecule has 3 heterocycles. The van der Waals surface area contributed by atoms with Crippen molar-refractivity contribution in [3.8, 4) is 11.3 Å². The van der Waals surface area contributed by atoms with Gasteiger partial charge in [0.2, 0.25) is 5.91 Å². The number of anilines is 1. The molecule has 1 amide bonds. The molecule has 6 nitrogen and oxygen atoms in total. The summed E-state index contributed by atoms with van der Waals surface area (Å²) in [5.74, 6) is 1.12. The summed E-state index contributed by atoms with van der Waals surface area (Å²) < 4.78 is 1.91. The van der Waals surface area contributed by atoms with E-state index in [9.17, 15) is 4.79 Å². The number of rotatable bonds is 5. The fourth-order valence-electron chi connectivity index (χ4n) is 4.67. The van der Waals surface area contributed by atoms with Gasteiger partial charge in [-0.05, 0) is 43.9 Å². The van der Waals surface area contributed by atoms with Gasteiger partial charge in [0, 0.05) is 43.5 Å². The topological polar surface area (TPSA) is 62.5 Å². The fourth-order valence-corrected chi connectivity index (χ4v) is 4.67. The van der Waals surface area contributed by atoms with Gasteiger partial charge in [0.25, 0.3) is 0 Å². The third-order valence-corrected chi connectivity index (χ3v) is 6.50. The van der Waals surface area contributed by atoms with Crippen LogP contribution in [0.5, 0.6) is 0 Å². The maximum Gasteiger partial charge on any atom is 0.223 e. The zero-order valence-corrected chi connectivity index (χ0v) is 19.2. The second-order valence-electron chi connectivity index (χ2n) is 8.89. The number of nitrogens with zero attached hydrogens (tertiary/aromatic N) is 4. The highest BCUT2D eigenvalue weighted by molar-refractivity contribution is 5.80. The summed E-state index contributed by atoms with van der Waals surface area (Å²) in [6.07, 6.45) is 5.35. The number of carbonyl (C=O) groups is 1. The molecule has 0 bridgehead atoms. The molecule has 168 valence electrons. The molecule has 0 aliphatic carbocycles. The quantitative estimate of drug-likeness (QED) is 0.496. The molecule has 0 atom stereocenters. The molecule has 1 aliphatic rings. The number of amides is 1. The van der Waals surface area contributed by atoms with Crippen LogP contribution >= 0.6 is 0 Å². The van der Waals surface area contributed by atoms with Crippen molar-refractivity contribution in [3.05, 3.63) is 83.7 Å². The fraction of sp³-hybridized carbons (Fsp3) is 0.296. The number of hydrogen-bond donors (Lipinski definition) is 1. The van der Waals surface area contributed by atoms with E-state index in [4.69, 9.17) is 5.10 Å². The second kappa shape index (κ2) is 9.06. The number of hydrogen-bond acceptors (Lipinski definition) is 4. The van der Waals surface area contributed by atoms with E-state index in [0.717, 1.165) is 54.1 Å². The Kier molecular flexibility index (Phi) is 5.82. The van der Waals surface area contributed by atoms with Crippen LogP contribution in [0.3, 0.4) is 0 Å². The van der Waals surface area contributed by atoms with Crippen molar-refractivity contribution in [3.63, 3.8) is 0 Å². The van der Waals surface area contributed by atoms with E-state index in [1.165, 1.54) is 11.1 Å². The molecule has 1 N–H and O–H groups in total. The minimum absolute atomic E-state index is 0.0420. The van der Waals surface area contributed by atoms with Crippen LogP contribution in [0, 0.1) is 19.8 Å². The average Bonchev–Trinajstić information content (AvgIpc) is 3.27. The van der Waals surface area contributed by atoms with E-state index in [0.29, 0.717) is 6.54 Å². The van der Waals surface area contributed by atoms with Crippen LogP contribution in [0.1, 0.15) is 29.5 Å². The first kappa shape index (κ1) is 21.2. The Morgan fingerprint density at radius 2 is 1.85 bits per heavy atom. The summed E-state index contributed by atoms with van der Waals surface area (Å²) in [5.41, 5.74) is 6.69. The van der Waals surface area contributed by atoms with Gasteiger partial charge in [0.15, 0.2) is 5.82 Å². The minimum Gasteiger partial charge on any atom is -0.355 e. The van der Waals surface area contributed by atoms with Crippen LogP contribution in [0.4, 0.5) is 5.82 Å². The maximum atomic E-state index is 12.7. The van der Waals surface area contributed by atoms with Gasteiger partial charge in [-0.2, -0.15) is 5.10 Å². The van der Waals surface area contributed by atoms with E-state index in [-0.39, 0.29) is 11.8 Å². The summed E-state index contributed by atoms with van der Waals surface area (Å²) >= 11 is 0. The predicted octanol–water partition coefficient (Wildman–Crippen LogP) is 4.55. The average molecular weight is 440 g/mol. The number of carbonyl (C=O) groups excluding carboxylic acids is 1. The number of nitrogens with one attached hydrogen (secondary N) is 1. The van der Waals surface area contributed by atoms with Gasteiger partial charge in [0.05, 0.1) is 5.69 Å². The largest absolute Gasteiger partial charge is 0.355 e. The molecule has 0 saturated carbocycles. The molecule has 2 aromatic heterocycles. The normalized spacial score (nSPS) is 14.5. The highest BCUT2D eigenvalue weighted by Gasteiger charge is 2.26. The molecule has 2 aromatic carbocycles. The number of aryl methyl sites for hydroxylation is 2. The van der Waals surface area contributed by atoms with Crippen molar-refractivity contribution in [2.75, 3.05) is 18.0 Å². The molecule has 5 rings (SSSR count). The Morgan fingerprint density at radius 1 is 1.06 bits per heavy atom. The van der Waals surface area contributed by atoms with Crippen molar-refractivity contribution in [1.29, 1.82) is 0 Å². The maximum absolute atomic E-state index is 12.7. The first-order chi connectivity index (χ1) is 16.1. The molecule has 0 spiro atoms. The summed E-state index contributed by atoms with van der Waals surface area (Å²) in [5, 5.41) is 7.91. The van der Waals surface area contributed by atoms with Gasteiger partial charge in [-0.1, -0.05) is 54.1 Å². The lowest BCUT2D eigenvalue weighted by Gasteiger charge is -2.32. The molecule has 6 heteroatoms. The molecular weight excluding hydrogens is 410 g/mol. The monoisotopic (exact) mass is 439 g/mol. The van der Waals surface area contributed by atoms with E-state index in [2.05, 4.69) is 53.3 Å². The molecule has 0 unspecified atom stereocenters. The van der Waals surface area contributed by atoms with Crippen LogP contribution < -0.4 is 10.2 Å². The summed E-state index contributed by atoms with van der Waals surface area (Å²) in [4.78, 5) is 19.6. The van der Waals surface area contributed by atoms with Gasteiger partial charge >= 0.3 is 0 Å². The van der Waals surface area contributed by atoms with Crippen molar-refractivity contribution in [1.82, 2.24) is 19.9 Å². The van der Waals surface area contributed by atoms with Crippen molar-refractivity contribution >= 4 is 17.2 Å². The van der Waals surface area contributed by atoms with Gasteiger partial charge in [-0.3, -0.25) is 4.79 Å². The van der Waals surface area contributed by atoms with Gasteiger partial charge in [0.1, 0.15) is 5.52 Å². The highest BCUT2D eigenvalue weighted by Crippen LogP contribution is 2.29. The Hall–Kier alpha value is -3.67. The van der Waals surface area contributed by atoms with Crippen LogP contribution in [0.15, 0.2) is 67.0 Å². The van der Waals surface area contributed by atoms with E-state index >= 15 is 0 Å². The third-order valence-electron chi connectivity index (χ3n) is 6.50. The Morgan fingerprint density at radius 3 is 2.61 bits per heavy atom. The third kappa shape index (κ3) is 4.46. The number of benzene rings is 2. The van der Waals surface area contributed by atoms with Crippen molar-refractivity contribution < 1.29 is 4.79 Å². The van der Waals surface area contributed by atoms with E-state index in [1.807, 2.05) is 41.0 Å². The standard InChI is InChI=1S/C27H29N5O/c1-19-8-9-23(20(2)16-19)24-17-25-26(28-12-15-32(25)30-24)31-13-10-22(11-14-31)27(33)29-18-21-6-4-3-5-7-21/h3-9,12,15-17,22H,10-11,13-14,18H2,1-2H3,(H,29,33). The van der Waals surface area contributed by atoms with Gasteiger partial charge in [-0.25, -0.2) is 9.50 Å². The molecule has 0 radical (unpaired) electrons. The van der Waals surface area contributed by atoms with Crippen LogP contribution in [-0.4, -0.2) is 33.6 Å². The smallest absolute Gasteiger partial charge is 0.223 e. The van der Waals surface area contributed by atoms with Crippen LogP contribution in [0.2, 0.25) is 0 Å². The lowest BCUT2D eigenvalue weighted by Crippen LogP contribution is -2.40. The van der Waals surface area contributed by atoms with Crippen LogP contribution in [-0.2, 0) is 11.3 Å². The number of piperidine rings is 1. The Labute approximate surface area is 194 Å². The van der Waals surface area contributed by atoms with Crippen molar-refractivity contribution in [2.24, 2.45) is 5.92 Å². The first-order valence-electron chi connectivity index (χ1n) is 11.6. The van der Waals surface area contributed by atoms with E-state index in [1.54, 1.807) is 6.20 Å². The summed E-state index contributed by atoms with van der Waals surface area (Å²) in [6, 6.07) is 18.6. The highest BCUT2D eigenvalue weighted by atomic mass is 16.1. The Balaban J connectivity index is 1.28. The zero-order chi connectivity index (χ0) is 22.8. The number of fused-ring (bicyclic) bond motifs is 1. The SMILES string of the molecule is Cc1ccc(-c2cc3c(N4CCC(C(=O)NCc5ccccc5)CC4)nccn3n2)c(C)c1. The predicted molar refractivity (Wildman–Crippen MR) is 131 cm³/mol. The van der Waals surface area contributed by atoms with E-state index < -0.39 is 0 Å². The molecule has 1 saturated heterocycles. The summed E-state index contributed by atoms with van der Waals surface area (Å²) in [7, 11) is 0. The lowest BCUT2D eigenvalue weighted by molar-refractivity contribution is -0.125. The van der Waals surface area contributed by atoms with Gasteiger partial charge in [-0.15, -0.1) is 0 Å². The summed E-state index contributed by atoms with van der Waals surface area (Å²) in [6.45, 7) is 6.42. The van der Waals surface area contributed by atoms with Gasteiger partial charge < -0.3 is 10.2 Å². The van der Waals surface area contributed by atoms with Crippen molar-refractivity contribution in [2.45, 2.75) is 33.2 Å². The molecule has 4 aromatic rings. The second-order valence-corrected chi connectivity index (χ2v) is 8.89.